The number of halogens is 3. The number of hydrogen-bond acceptors (Lipinski definition) is 3. The largest absolute Gasteiger partial charge is 0.573 e. The van der Waals surface area contributed by atoms with Gasteiger partial charge in [0.15, 0.2) is 5.60 Å². The van der Waals surface area contributed by atoms with Crippen LogP contribution in [-0.2, 0) is 4.79 Å². The van der Waals surface area contributed by atoms with Crippen molar-refractivity contribution in [2.75, 3.05) is 5.32 Å². The average molecular weight is 261 g/mol. The van der Waals surface area contributed by atoms with E-state index < -0.39 is 23.6 Å². The minimum atomic E-state index is -4.77. The topological polar surface area (TPSA) is 47.6 Å². The lowest BCUT2D eigenvalue weighted by Gasteiger charge is -2.31. The summed E-state index contributed by atoms with van der Waals surface area (Å²) in [7, 11) is 0. The number of anilines is 1. The highest BCUT2D eigenvalue weighted by Gasteiger charge is 2.36. The van der Waals surface area contributed by atoms with Gasteiger partial charge in [-0.15, -0.1) is 13.2 Å². The van der Waals surface area contributed by atoms with Crippen molar-refractivity contribution in [3.05, 3.63) is 18.2 Å². The van der Waals surface area contributed by atoms with Gasteiger partial charge < -0.3 is 14.8 Å². The highest BCUT2D eigenvalue weighted by Crippen LogP contribution is 2.37. The quantitative estimate of drug-likeness (QED) is 0.845. The smallest absolute Gasteiger partial charge is 0.476 e. The third kappa shape index (κ3) is 2.49. The van der Waals surface area contributed by atoms with Gasteiger partial charge in [-0.05, 0) is 26.0 Å². The molecular formula is C11H10F3NO3. The summed E-state index contributed by atoms with van der Waals surface area (Å²) < 4.78 is 45.2. The highest BCUT2D eigenvalue weighted by atomic mass is 19.4. The number of amides is 1. The van der Waals surface area contributed by atoms with Crippen LogP contribution in [0.2, 0.25) is 0 Å². The molecule has 18 heavy (non-hydrogen) atoms. The molecule has 0 unspecified atom stereocenters. The van der Waals surface area contributed by atoms with Gasteiger partial charge in [0.05, 0.1) is 5.69 Å². The van der Waals surface area contributed by atoms with Crippen molar-refractivity contribution >= 4 is 11.6 Å². The molecule has 1 heterocycles. The average Bonchev–Trinajstić information content (AvgIpc) is 2.17. The van der Waals surface area contributed by atoms with Crippen LogP contribution in [0.15, 0.2) is 18.2 Å². The standard InChI is InChI=1S/C11H10F3NO3/c1-10(2)9(16)15-7-5-6(17-11(12,13)14)3-4-8(7)18-10/h3-5H,1-2H3,(H,15,16). The third-order valence-electron chi connectivity index (χ3n) is 2.34. The summed E-state index contributed by atoms with van der Waals surface area (Å²) in [6.45, 7) is 3.12. The normalized spacial score (nSPS) is 17.5. The fourth-order valence-corrected chi connectivity index (χ4v) is 1.49. The van der Waals surface area contributed by atoms with Crippen molar-refractivity contribution in [2.45, 2.75) is 25.8 Å². The number of alkyl halides is 3. The Morgan fingerprint density at radius 3 is 2.61 bits per heavy atom. The molecule has 0 saturated heterocycles. The molecule has 0 aromatic heterocycles. The molecular weight excluding hydrogens is 251 g/mol. The van der Waals surface area contributed by atoms with Crippen LogP contribution < -0.4 is 14.8 Å². The van der Waals surface area contributed by atoms with Crippen LogP contribution >= 0.6 is 0 Å². The lowest BCUT2D eigenvalue weighted by molar-refractivity contribution is -0.274. The highest BCUT2D eigenvalue weighted by molar-refractivity contribution is 6.00. The molecule has 1 aromatic carbocycles. The Bertz CT molecular complexity index is 497. The molecule has 1 aliphatic rings. The number of ether oxygens (including phenoxy) is 2. The summed E-state index contributed by atoms with van der Waals surface area (Å²) in [5.74, 6) is -0.543. The maximum atomic E-state index is 12.0. The summed E-state index contributed by atoms with van der Waals surface area (Å²) in [4.78, 5) is 11.6. The van der Waals surface area contributed by atoms with E-state index in [-0.39, 0.29) is 5.69 Å². The van der Waals surface area contributed by atoms with Crippen molar-refractivity contribution in [2.24, 2.45) is 0 Å². The van der Waals surface area contributed by atoms with E-state index in [1.54, 1.807) is 13.8 Å². The fraction of sp³-hybridized carbons (Fsp3) is 0.364. The van der Waals surface area contributed by atoms with E-state index in [0.717, 1.165) is 12.1 Å². The predicted octanol–water partition coefficient (Wildman–Crippen LogP) is 2.69. The second kappa shape index (κ2) is 3.79. The molecule has 7 heteroatoms. The van der Waals surface area contributed by atoms with Gasteiger partial charge in [-0.1, -0.05) is 0 Å². The van der Waals surface area contributed by atoms with Crippen molar-refractivity contribution in [1.29, 1.82) is 0 Å². The molecule has 2 rings (SSSR count). The van der Waals surface area contributed by atoms with E-state index in [0.29, 0.717) is 5.75 Å². The Labute approximate surface area is 101 Å². The molecule has 0 spiro atoms. The lowest BCUT2D eigenvalue weighted by Crippen LogP contribution is -2.45. The monoisotopic (exact) mass is 261 g/mol. The van der Waals surface area contributed by atoms with Crippen molar-refractivity contribution < 1.29 is 27.4 Å². The van der Waals surface area contributed by atoms with Gasteiger partial charge in [0.2, 0.25) is 0 Å². The minimum absolute atomic E-state index is 0.154. The molecule has 0 atom stereocenters. The van der Waals surface area contributed by atoms with E-state index >= 15 is 0 Å². The summed E-state index contributed by atoms with van der Waals surface area (Å²) in [6.07, 6.45) is -4.77. The van der Waals surface area contributed by atoms with Crippen LogP contribution in [0.4, 0.5) is 18.9 Å². The van der Waals surface area contributed by atoms with Crippen LogP contribution in [0.25, 0.3) is 0 Å². The first kappa shape index (κ1) is 12.5. The molecule has 0 saturated carbocycles. The molecule has 0 fully saturated rings. The number of nitrogens with one attached hydrogen (secondary N) is 1. The molecule has 1 amide bonds. The SMILES string of the molecule is CC1(C)Oc2ccc(OC(F)(F)F)cc2NC1=O. The lowest BCUT2D eigenvalue weighted by atomic mass is 10.1. The van der Waals surface area contributed by atoms with E-state index in [2.05, 4.69) is 10.1 Å². The van der Waals surface area contributed by atoms with Gasteiger partial charge in [-0.3, -0.25) is 4.79 Å². The van der Waals surface area contributed by atoms with Gasteiger partial charge in [-0.2, -0.15) is 0 Å². The van der Waals surface area contributed by atoms with Crippen LogP contribution in [0.1, 0.15) is 13.8 Å². The van der Waals surface area contributed by atoms with Crippen LogP contribution in [0.3, 0.4) is 0 Å². The van der Waals surface area contributed by atoms with E-state index in [9.17, 15) is 18.0 Å². The molecule has 0 aliphatic carbocycles. The van der Waals surface area contributed by atoms with Crippen LogP contribution in [0, 0.1) is 0 Å². The zero-order valence-electron chi connectivity index (χ0n) is 9.59. The van der Waals surface area contributed by atoms with Crippen molar-refractivity contribution in [3.63, 3.8) is 0 Å². The number of carbonyl (C=O) groups is 1. The second-order valence-corrected chi connectivity index (χ2v) is 4.27. The Morgan fingerprint density at radius 1 is 1.33 bits per heavy atom. The Balaban J connectivity index is 2.29. The van der Waals surface area contributed by atoms with E-state index in [4.69, 9.17) is 4.74 Å². The van der Waals surface area contributed by atoms with Crippen LogP contribution in [0.5, 0.6) is 11.5 Å². The summed E-state index contributed by atoms with van der Waals surface area (Å²) in [5, 5.41) is 2.47. The van der Waals surface area contributed by atoms with E-state index in [1.165, 1.54) is 6.07 Å². The van der Waals surface area contributed by atoms with Gasteiger partial charge in [0.25, 0.3) is 5.91 Å². The first-order chi connectivity index (χ1) is 8.17. The number of rotatable bonds is 1. The number of hydrogen-bond donors (Lipinski definition) is 1. The summed E-state index contributed by atoms with van der Waals surface area (Å²) in [5.41, 5.74) is -0.902. The maximum Gasteiger partial charge on any atom is 0.573 e. The maximum absolute atomic E-state index is 12.0. The fourth-order valence-electron chi connectivity index (χ4n) is 1.49. The Hall–Kier alpha value is -1.92. The summed E-state index contributed by atoms with van der Waals surface area (Å²) in [6, 6.07) is 3.51. The number of fused-ring (bicyclic) bond motifs is 1. The zero-order chi connectivity index (χ0) is 13.6. The molecule has 0 radical (unpaired) electrons. The first-order valence-electron chi connectivity index (χ1n) is 5.08. The molecule has 1 aromatic rings. The molecule has 4 nitrogen and oxygen atoms in total. The van der Waals surface area contributed by atoms with Gasteiger partial charge >= 0.3 is 6.36 Å². The third-order valence-corrected chi connectivity index (χ3v) is 2.34. The summed E-state index contributed by atoms with van der Waals surface area (Å²) >= 11 is 0. The van der Waals surface area contributed by atoms with Gasteiger partial charge in [0.1, 0.15) is 11.5 Å². The number of benzene rings is 1. The second-order valence-electron chi connectivity index (χ2n) is 4.27. The minimum Gasteiger partial charge on any atom is -0.476 e. The predicted molar refractivity (Wildman–Crippen MR) is 56.5 cm³/mol. The Morgan fingerprint density at radius 2 is 2.00 bits per heavy atom. The zero-order valence-corrected chi connectivity index (χ0v) is 9.59. The Kier molecular flexibility index (Phi) is 2.64. The molecule has 98 valence electrons. The van der Waals surface area contributed by atoms with Crippen molar-refractivity contribution in [3.8, 4) is 11.5 Å². The molecule has 1 N–H and O–H groups in total. The first-order valence-corrected chi connectivity index (χ1v) is 5.08. The molecule has 1 aliphatic heterocycles. The molecule has 0 bridgehead atoms. The van der Waals surface area contributed by atoms with Crippen LogP contribution in [-0.4, -0.2) is 17.9 Å². The van der Waals surface area contributed by atoms with Crippen molar-refractivity contribution in [1.82, 2.24) is 0 Å². The van der Waals surface area contributed by atoms with Gasteiger partial charge in [0, 0.05) is 6.07 Å². The number of carbonyl (C=O) groups excluding carboxylic acids is 1. The van der Waals surface area contributed by atoms with Gasteiger partial charge in [-0.25, -0.2) is 0 Å². The van der Waals surface area contributed by atoms with E-state index in [1.807, 2.05) is 0 Å².